The molecule has 4 aromatic rings. The minimum atomic E-state index is -4.01. The number of aliphatic carboxylic acids is 1. The highest BCUT2D eigenvalue weighted by molar-refractivity contribution is 7.92. The molecular weight excluding hydrogens is 689 g/mol. The van der Waals surface area contributed by atoms with Gasteiger partial charge in [0, 0.05) is 23.8 Å². The maximum atomic E-state index is 15.0. The van der Waals surface area contributed by atoms with Crippen LogP contribution in [0.3, 0.4) is 0 Å². The summed E-state index contributed by atoms with van der Waals surface area (Å²) in [4.78, 5) is 45.9. The molecule has 0 spiro atoms. The molecule has 52 heavy (non-hydrogen) atoms. The van der Waals surface area contributed by atoms with Gasteiger partial charge in [-0.05, 0) is 112 Å². The van der Waals surface area contributed by atoms with Gasteiger partial charge >= 0.3 is 11.9 Å². The number of fused-ring (bicyclic) bond motifs is 1. The Bertz CT molecular complexity index is 2100. The third-order valence-electron chi connectivity index (χ3n) is 8.99. The minimum absolute atomic E-state index is 0.00491. The molecule has 14 heteroatoms. The van der Waals surface area contributed by atoms with Crippen molar-refractivity contribution in [1.82, 2.24) is 9.88 Å². The number of carboxylic acids is 1. The van der Waals surface area contributed by atoms with Crippen LogP contribution >= 0.6 is 0 Å². The fourth-order valence-electron chi connectivity index (χ4n) is 6.46. The number of benzene rings is 3. The van der Waals surface area contributed by atoms with Gasteiger partial charge in [-0.25, -0.2) is 18.2 Å². The zero-order chi connectivity index (χ0) is 37.9. The summed E-state index contributed by atoms with van der Waals surface area (Å²) < 4.78 is 44.3. The van der Waals surface area contributed by atoms with Crippen LogP contribution in [-0.4, -0.2) is 72.9 Å². The van der Waals surface area contributed by atoms with Crippen molar-refractivity contribution in [3.63, 3.8) is 0 Å². The van der Waals surface area contributed by atoms with E-state index in [0.717, 1.165) is 10.8 Å². The van der Waals surface area contributed by atoms with Gasteiger partial charge in [0.25, 0.3) is 0 Å². The summed E-state index contributed by atoms with van der Waals surface area (Å²) >= 11 is 0. The second kappa shape index (κ2) is 15.5. The third-order valence-corrected chi connectivity index (χ3v) is 11.2. The number of rotatable bonds is 13. The number of nitrogens with one attached hydrogen (secondary N) is 1. The molecule has 0 bridgehead atoms. The van der Waals surface area contributed by atoms with Crippen LogP contribution in [0.15, 0.2) is 71.8 Å². The minimum Gasteiger partial charge on any atom is -0.490 e. The summed E-state index contributed by atoms with van der Waals surface area (Å²) in [6.45, 7) is 8.93. The van der Waals surface area contributed by atoms with Crippen LogP contribution in [0.25, 0.3) is 10.8 Å². The number of aromatic nitrogens is 1. The van der Waals surface area contributed by atoms with E-state index in [1.54, 1.807) is 42.6 Å². The summed E-state index contributed by atoms with van der Waals surface area (Å²) in [5, 5.41) is 14.4. The SMILES string of the molecule is CCOc1cc(C(Nc2ccc3c(N)nccc3c2)C(=O)N2CC[C@@H](C(=O)O)[C@H]2c2cc(C(=O)OC)ccc2S(=O)(=O)C(C)C)ccc1OC(C)C. The second-order valence-corrected chi connectivity index (χ2v) is 15.5. The average molecular weight is 733 g/mol. The molecule has 2 heterocycles. The van der Waals surface area contributed by atoms with Gasteiger partial charge in [0.2, 0.25) is 5.91 Å². The number of carboxylic acid groups (broad SMARTS) is 1. The number of amides is 1. The Hall–Kier alpha value is -5.37. The maximum absolute atomic E-state index is 15.0. The van der Waals surface area contributed by atoms with Crippen LogP contribution in [0, 0.1) is 5.92 Å². The number of esters is 1. The molecule has 1 fully saturated rings. The van der Waals surface area contributed by atoms with E-state index < -0.39 is 50.9 Å². The number of carbonyl (C=O) groups excluding carboxylic acids is 2. The standard InChI is InChI=1S/C38H44N4O9S/c1-7-50-31-20-24(8-12-30(31)51-21(2)3)33(41-26-10-11-27-23(18-26)14-16-40-35(27)39)36(43)42-17-15-28(37(44)45)34(42)29-19-25(38(46)49-6)9-13-32(29)52(47,48)22(4)5/h8-14,16,18-22,28,33-34,41H,7,15,17H2,1-6H3,(H2,39,40)(H,44,45)/t28-,33?,34+/m1/s1. The van der Waals surface area contributed by atoms with E-state index in [-0.39, 0.29) is 35.1 Å². The molecule has 3 atom stereocenters. The van der Waals surface area contributed by atoms with Crippen molar-refractivity contribution in [2.24, 2.45) is 5.92 Å². The van der Waals surface area contributed by atoms with Crippen molar-refractivity contribution in [3.05, 3.63) is 83.6 Å². The van der Waals surface area contributed by atoms with Gasteiger partial charge in [-0.1, -0.05) is 6.07 Å². The lowest BCUT2D eigenvalue weighted by atomic mass is 9.92. The quantitative estimate of drug-likeness (QED) is 0.141. The summed E-state index contributed by atoms with van der Waals surface area (Å²) in [6, 6.07) is 13.9. The number of sulfone groups is 1. The van der Waals surface area contributed by atoms with Crippen LogP contribution in [-0.2, 0) is 24.2 Å². The Kier molecular flexibility index (Phi) is 11.3. The lowest BCUT2D eigenvalue weighted by Crippen LogP contribution is -2.40. The van der Waals surface area contributed by atoms with Gasteiger partial charge in [-0.2, -0.15) is 0 Å². The van der Waals surface area contributed by atoms with E-state index >= 15 is 4.79 Å². The fraction of sp³-hybridized carbons (Fsp3) is 0.368. The van der Waals surface area contributed by atoms with Crippen LogP contribution in [0.5, 0.6) is 11.5 Å². The number of methoxy groups -OCH3 is 1. The molecule has 1 unspecified atom stereocenters. The Morgan fingerprint density at radius 2 is 1.77 bits per heavy atom. The van der Waals surface area contributed by atoms with Gasteiger partial charge in [0.05, 0.1) is 47.5 Å². The summed E-state index contributed by atoms with van der Waals surface area (Å²) in [5.74, 6) is -2.43. The first kappa shape index (κ1) is 37.9. The van der Waals surface area contributed by atoms with Gasteiger partial charge in [0.15, 0.2) is 21.3 Å². The number of anilines is 2. The van der Waals surface area contributed by atoms with Crippen LogP contribution in [0.4, 0.5) is 11.5 Å². The Morgan fingerprint density at radius 1 is 1.02 bits per heavy atom. The van der Waals surface area contributed by atoms with Crippen LogP contribution in [0.2, 0.25) is 0 Å². The number of hydrogen-bond donors (Lipinski definition) is 3. The Balaban J connectivity index is 1.69. The predicted octanol–water partition coefficient (Wildman–Crippen LogP) is 5.80. The highest BCUT2D eigenvalue weighted by Crippen LogP contribution is 2.44. The molecule has 1 saturated heterocycles. The van der Waals surface area contributed by atoms with Crippen molar-refractivity contribution < 1.29 is 42.1 Å². The van der Waals surface area contributed by atoms with Crippen LogP contribution in [0.1, 0.15) is 74.6 Å². The largest absolute Gasteiger partial charge is 0.490 e. The van der Waals surface area contributed by atoms with Crippen molar-refractivity contribution in [1.29, 1.82) is 0 Å². The first-order valence-electron chi connectivity index (χ1n) is 17.0. The average Bonchev–Trinajstić information content (AvgIpc) is 3.56. The molecule has 0 saturated carbocycles. The van der Waals surface area contributed by atoms with E-state index in [4.69, 9.17) is 19.9 Å². The molecule has 0 aliphatic carbocycles. The van der Waals surface area contributed by atoms with Gasteiger partial charge < -0.3 is 35.3 Å². The molecule has 0 radical (unpaired) electrons. The fourth-order valence-corrected chi connectivity index (χ4v) is 7.73. The topological polar surface area (TPSA) is 187 Å². The van der Waals surface area contributed by atoms with Gasteiger partial charge in [-0.3, -0.25) is 9.59 Å². The molecule has 4 N–H and O–H groups in total. The Morgan fingerprint density at radius 3 is 2.42 bits per heavy atom. The zero-order valence-electron chi connectivity index (χ0n) is 30.0. The van der Waals surface area contributed by atoms with Crippen LogP contribution < -0.4 is 20.5 Å². The normalized spacial score (nSPS) is 16.6. The lowest BCUT2D eigenvalue weighted by Gasteiger charge is -2.33. The number of nitrogens with zero attached hydrogens (tertiary/aromatic N) is 2. The van der Waals surface area contributed by atoms with Gasteiger partial charge in [0.1, 0.15) is 11.9 Å². The first-order valence-corrected chi connectivity index (χ1v) is 18.6. The zero-order valence-corrected chi connectivity index (χ0v) is 30.8. The van der Waals surface area contributed by atoms with Gasteiger partial charge in [-0.15, -0.1) is 0 Å². The lowest BCUT2D eigenvalue weighted by molar-refractivity contribution is -0.143. The van der Waals surface area contributed by atoms with Crippen molar-refractivity contribution >= 4 is 50.0 Å². The molecule has 1 aliphatic heterocycles. The van der Waals surface area contributed by atoms with E-state index in [0.29, 0.717) is 35.2 Å². The number of pyridine rings is 1. The number of ether oxygens (including phenoxy) is 3. The molecule has 1 aromatic heterocycles. The van der Waals surface area contributed by atoms with E-state index in [1.165, 1.54) is 44.1 Å². The second-order valence-electron chi connectivity index (χ2n) is 13.1. The smallest absolute Gasteiger partial charge is 0.337 e. The molecule has 5 rings (SSSR count). The molecule has 276 valence electrons. The molecule has 1 amide bonds. The van der Waals surface area contributed by atoms with Crippen molar-refractivity contribution in [2.45, 2.75) is 69.4 Å². The highest BCUT2D eigenvalue weighted by Gasteiger charge is 2.46. The van der Waals surface area contributed by atoms with E-state index in [1.807, 2.05) is 26.8 Å². The number of likely N-dealkylation sites (tertiary alicyclic amines) is 1. The molecular formula is C38H44N4O9S. The number of hydrogen-bond acceptors (Lipinski definition) is 11. The van der Waals surface area contributed by atoms with E-state index in [9.17, 15) is 23.1 Å². The summed E-state index contributed by atoms with van der Waals surface area (Å²) in [7, 11) is -2.82. The highest BCUT2D eigenvalue weighted by atomic mass is 32.2. The number of carbonyl (C=O) groups is 3. The Labute approximate surface area is 303 Å². The number of nitrogen functional groups attached to an aromatic ring is 1. The first-order chi connectivity index (χ1) is 24.7. The molecule has 3 aromatic carbocycles. The molecule has 1 aliphatic rings. The number of nitrogens with two attached hydrogens (primary N) is 1. The monoisotopic (exact) mass is 732 g/mol. The van der Waals surface area contributed by atoms with E-state index in [2.05, 4.69) is 10.3 Å². The summed E-state index contributed by atoms with van der Waals surface area (Å²) in [6.07, 6.45) is 1.46. The van der Waals surface area contributed by atoms with Crippen molar-refractivity contribution in [3.8, 4) is 11.5 Å². The molecule has 13 nitrogen and oxygen atoms in total. The predicted molar refractivity (Wildman–Crippen MR) is 196 cm³/mol. The summed E-state index contributed by atoms with van der Waals surface area (Å²) in [5.41, 5.74) is 7.17. The van der Waals surface area contributed by atoms with Crippen molar-refractivity contribution in [2.75, 3.05) is 31.3 Å². The maximum Gasteiger partial charge on any atom is 0.337 e. The third kappa shape index (κ3) is 7.61.